The predicted octanol–water partition coefficient (Wildman–Crippen LogP) is 0.937. The summed E-state index contributed by atoms with van der Waals surface area (Å²) in [5.74, 6) is -1.20. The monoisotopic (exact) mass is 355 g/mol. The van der Waals surface area contributed by atoms with E-state index < -0.39 is 11.8 Å². The van der Waals surface area contributed by atoms with Crippen molar-refractivity contribution in [2.45, 2.75) is 6.92 Å². The number of pyridine rings is 1. The van der Waals surface area contributed by atoms with Gasteiger partial charge in [0.2, 0.25) is 5.43 Å². The SMILES string of the molecule is Cc1cc(=O)c(OCC(=O)Nc2ccc3c(c2)C(=O)N(C)C3=O)cn1C. The van der Waals surface area contributed by atoms with Gasteiger partial charge in [-0.05, 0) is 25.1 Å². The molecule has 3 amide bonds. The van der Waals surface area contributed by atoms with Crippen molar-refractivity contribution in [1.82, 2.24) is 9.47 Å². The normalized spacial score (nSPS) is 13.0. The van der Waals surface area contributed by atoms with E-state index in [0.29, 0.717) is 11.3 Å². The minimum Gasteiger partial charge on any atom is -0.478 e. The second-order valence-electron chi connectivity index (χ2n) is 6.02. The molecule has 0 atom stereocenters. The molecule has 0 saturated carbocycles. The number of ether oxygens (including phenoxy) is 1. The number of benzene rings is 1. The largest absolute Gasteiger partial charge is 0.478 e. The number of rotatable bonds is 4. The van der Waals surface area contributed by atoms with Gasteiger partial charge in [-0.25, -0.2) is 0 Å². The standard InChI is InChI=1S/C18H17N3O5/c1-10-6-14(22)15(8-20(10)2)26-9-16(23)19-11-4-5-12-13(7-11)18(25)21(3)17(12)24/h4-8H,9H2,1-3H3,(H,19,23). The van der Waals surface area contributed by atoms with Crippen LogP contribution in [0.25, 0.3) is 0 Å². The number of nitrogens with one attached hydrogen (secondary N) is 1. The Morgan fingerprint density at radius 3 is 2.50 bits per heavy atom. The van der Waals surface area contributed by atoms with E-state index >= 15 is 0 Å². The molecular formula is C18H17N3O5. The van der Waals surface area contributed by atoms with E-state index in [1.54, 1.807) is 18.5 Å². The molecule has 3 rings (SSSR count). The summed E-state index contributed by atoms with van der Waals surface area (Å²) in [5.41, 5.74) is 1.37. The summed E-state index contributed by atoms with van der Waals surface area (Å²) >= 11 is 0. The van der Waals surface area contributed by atoms with Crippen LogP contribution in [0.5, 0.6) is 5.75 Å². The molecule has 2 heterocycles. The number of carbonyl (C=O) groups excluding carboxylic acids is 3. The summed E-state index contributed by atoms with van der Waals surface area (Å²) in [6, 6.07) is 5.89. The third-order valence-electron chi connectivity index (χ3n) is 4.18. The highest BCUT2D eigenvalue weighted by Gasteiger charge is 2.32. The molecule has 1 aliphatic heterocycles. The summed E-state index contributed by atoms with van der Waals surface area (Å²) in [4.78, 5) is 48.7. The van der Waals surface area contributed by atoms with E-state index in [9.17, 15) is 19.2 Å². The summed E-state index contributed by atoms with van der Waals surface area (Å²) < 4.78 is 7.00. The first-order chi connectivity index (χ1) is 12.3. The molecule has 8 nitrogen and oxygen atoms in total. The fourth-order valence-corrected chi connectivity index (χ4v) is 2.59. The maximum atomic E-state index is 12.1. The van der Waals surface area contributed by atoms with Gasteiger partial charge in [-0.2, -0.15) is 0 Å². The Hall–Kier alpha value is -3.42. The van der Waals surface area contributed by atoms with Gasteiger partial charge >= 0.3 is 0 Å². The molecule has 0 spiro atoms. The third kappa shape index (κ3) is 3.08. The first kappa shape index (κ1) is 17.4. The van der Waals surface area contributed by atoms with Crippen LogP contribution in [0.15, 0.2) is 35.3 Å². The Morgan fingerprint density at radius 2 is 1.77 bits per heavy atom. The van der Waals surface area contributed by atoms with E-state index in [0.717, 1.165) is 10.6 Å². The Balaban J connectivity index is 1.68. The van der Waals surface area contributed by atoms with Gasteiger partial charge in [0.15, 0.2) is 12.4 Å². The minimum atomic E-state index is -0.488. The van der Waals surface area contributed by atoms with Crippen LogP contribution in [0.4, 0.5) is 5.69 Å². The molecular weight excluding hydrogens is 338 g/mol. The van der Waals surface area contributed by atoms with Crippen molar-refractivity contribution in [3.05, 3.63) is 57.5 Å². The third-order valence-corrected chi connectivity index (χ3v) is 4.18. The van der Waals surface area contributed by atoms with E-state index in [-0.39, 0.29) is 29.3 Å². The smallest absolute Gasteiger partial charge is 0.262 e. The predicted molar refractivity (Wildman–Crippen MR) is 93.4 cm³/mol. The minimum absolute atomic E-state index is 0.0737. The van der Waals surface area contributed by atoms with Gasteiger partial charge in [0, 0.05) is 37.7 Å². The Morgan fingerprint density at radius 1 is 1.08 bits per heavy atom. The highest BCUT2D eigenvalue weighted by Crippen LogP contribution is 2.24. The van der Waals surface area contributed by atoms with Gasteiger partial charge in [-0.3, -0.25) is 24.1 Å². The van der Waals surface area contributed by atoms with E-state index in [2.05, 4.69) is 5.32 Å². The molecule has 1 aliphatic rings. The molecule has 1 N–H and O–H groups in total. The molecule has 1 aromatic carbocycles. The molecule has 2 aromatic rings. The van der Waals surface area contributed by atoms with Crippen LogP contribution in [-0.2, 0) is 11.8 Å². The van der Waals surface area contributed by atoms with Gasteiger partial charge in [0.25, 0.3) is 17.7 Å². The zero-order valence-corrected chi connectivity index (χ0v) is 14.5. The Kier molecular flexibility index (Phi) is 4.33. The summed E-state index contributed by atoms with van der Waals surface area (Å²) in [6.07, 6.45) is 1.51. The van der Waals surface area contributed by atoms with Gasteiger partial charge in [0.05, 0.1) is 11.1 Å². The van der Waals surface area contributed by atoms with E-state index in [1.165, 1.54) is 37.5 Å². The number of aromatic nitrogens is 1. The molecule has 8 heteroatoms. The lowest BCUT2D eigenvalue weighted by Gasteiger charge is -2.10. The lowest BCUT2D eigenvalue weighted by Crippen LogP contribution is -2.24. The number of hydrogen-bond donors (Lipinski definition) is 1. The summed E-state index contributed by atoms with van der Waals surface area (Å²) in [7, 11) is 3.17. The molecule has 0 bridgehead atoms. The van der Waals surface area contributed by atoms with E-state index in [1.807, 2.05) is 0 Å². The average Bonchev–Trinajstić information content (AvgIpc) is 2.81. The molecule has 134 valence electrons. The Labute approximate surface area is 149 Å². The zero-order chi connectivity index (χ0) is 19.0. The maximum Gasteiger partial charge on any atom is 0.262 e. The number of aryl methyl sites for hydroxylation is 2. The summed E-state index contributed by atoms with van der Waals surface area (Å²) in [5, 5.41) is 2.58. The molecule has 0 fully saturated rings. The van der Waals surface area contributed by atoms with Gasteiger partial charge < -0.3 is 14.6 Å². The van der Waals surface area contributed by atoms with Crippen LogP contribution in [0.1, 0.15) is 26.4 Å². The molecule has 0 aliphatic carbocycles. The lowest BCUT2D eigenvalue weighted by atomic mass is 10.1. The first-order valence-corrected chi connectivity index (χ1v) is 7.84. The van der Waals surface area contributed by atoms with E-state index in [4.69, 9.17) is 4.74 Å². The van der Waals surface area contributed by atoms with Gasteiger partial charge in [0.1, 0.15) is 0 Å². The van der Waals surface area contributed by atoms with Crippen molar-refractivity contribution in [1.29, 1.82) is 0 Å². The van der Waals surface area contributed by atoms with Crippen molar-refractivity contribution in [3.63, 3.8) is 0 Å². The Bertz CT molecular complexity index is 993. The number of imide groups is 1. The fraction of sp³-hybridized carbons (Fsp3) is 0.222. The second kappa shape index (κ2) is 6.47. The summed E-state index contributed by atoms with van der Waals surface area (Å²) in [6.45, 7) is 1.43. The van der Waals surface area contributed by atoms with Crippen molar-refractivity contribution in [2.24, 2.45) is 7.05 Å². The molecule has 26 heavy (non-hydrogen) atoms. The first-order valence-electron chi connectivity index (χ1n) is 7.84. The quantitative estimate of drug-likeness (QED) is 0.823. The fourth-order valence-electron chi connectivity index (χ4n) is 2.59. The van der Waals surface area contributed by atoms with Crippen molar-refractivity contribution in [3.8, 4) is 5.75 Å². The molecule has 0 saturated heterocycles. The maximum absolute atomic E-state index is 12.1. The zero-order valence-electron chi connectivity index (χ0n) is 14.5. The number of nitrogens with zero attached hydrogens (tertiary/aromatic N) is 2. The average molecular weight is 355 g/mol. The van der Waals surface area contributed by atoms with Crippen LogP contribution in [0, 0.1) is 6.92 Å². The van der Waals surface area contributed by atoms with Crippen LogP contribution < -0.4 is 15.5 Å². The van der Waals surface area contributed by atoms with Crippen molar-refractivity contribution in [2.75, 3.05) is 19.0 Å². The second-order valence-corrected chi connectivity index (χ2v) is 6.02. The van der Waals surface area contributed by atoms with Crippen LogP contribution in [-0.4, -0.2) is 40.8 Å². The number of anilines is 1. The number of amides is 3. The van der Waals surface area contributed by atoms with Crippen LogP contribution in [0.2, 0.25) is 0 Å². The topological polar surface area (TPSA) is 97.7 Å². The molecule has 1 aromatic heterocycles. The number of hydrogen-bond acceptors (Lipinski definition) is 5. The van der Waals surface area contributed by atoms with Crippen molar-refractivity contribution >= 4 is 23.4 Å². The number of carbonyl (C=O) groups is 3. The highest BCUT2D eigenvalue weighted by atomic mass is 16.5. The lowest BCUT2D eigenvalue weighted by molar-refractivity contribution is -0.118. The van der Waals surface area contributed by atoms with Gasteiger partial charge in [-0.1, -0.05) is 0 Å². The molecule has 0 unspecified atom stereocenters. The van der Waals surface area contributed by atoms with Crippen molar-refractivity contribution < 1.29 is 19.1 Å². The van der Waals surface area contributed by atoms with Crippen LogP contribution in [0.3, 0.4) is 0 Å². The number of fused-ring (bicyclic) bond motifs is 1. The molecule has 0 radical (unpaired) electrons. The van der Waals surface area contributed by atoms with Crippen LogP contribution >= 0.6 is 0 Å². The van der Waals surface area contributed by atoms with Gasteiger partial charge in [-0.15, -0.1) is 0 Å². The highest BCUT2D eigenvalue weighted by molar-refractivity contribution is 6.21.